The van der Waals surface area contributed by atoms with Crippen LogP contribution in [0.15, 0.2) is 24.3 Å². The third-order valence-corrected chi connectivity index (χ3v) is 4.82. The van der Waals surface area contributed by atoms with Crippen LogP contribution in [0.1, 0.15) is 22.2 Å². The van der Waals surface area contributed by atoms with Crippen LogP contribution in [0.4, 0.5) is 0 Å². The molecular weight excluding hydrogens is 179 g/mol. The van der Waals surface area contributed by atoms with Crippen molar-refractivity contribution in [3.8, 4) is 0 Å². The van der Waals surface area contributed by atoms with Crippen LogP contribution >= 0.6 is 0 Å². The minimum absolute atomic E-state index is 0. The molecule has 0 fully saturated rings. The maximum absolute atomic E-state index is 2.42. The summed E-state index contributed by atoms with van der Waals surface area (Å²) in [6.45, 7) is 7.02. The van der Waals surface area contributed by atoms with Crippen LogP contribution in [-0.2, 0) is 0 Å². The molecule has 0 saturated heterocycles. The second kappa shape index (κ2) is 4.53. The first kappa shape index (κ1) is 11.8. The fourth-order valence-corrected chi connectivity index (χ4v) is 3.59. The van der Waals surface area contributed by atoms with Crippen molar-refractivity contribution >= 4 is 33.7 Å². The summed E-state index contributed by atoms with van der Waals surface area (Å²) in [6.07, 6.45) is 4.67. The molecule has 1 aromatic carbocycles. The average molecular weight is 196 g/mol. The molecule has 2 rings (SSSR count). The van der Waals surface area contributed by atoms with E-state index in [1.807, 2.05) is 0 Å². The molecule has 0 aromatic heterocycles. The summed E-state index contributed by atoms with van der Waals surface area (Å²) < 4.78 is 0. The van der Waals surface area contributed by atoms with Gasteiger partial charge < -0.3 is 0 Å². The Kier molecular flexibility index (Phi) is 3.83. The van der Waals surface area contributed by atoms with E-state index in [-0.39, 0.29) is 18.9 Å². The number of rotatable bonds is 1. The van der Waals surface area contributed by atoms with Gasteiger partial charge in [0, 0.05) is 8.80 Å². The quantitative estimate of drug-likeness (QED) is 0.605. The van der Waals surface area contributed by atoms with Gasteiger partial charge >= 0.3 is 18.9 Å². The second-order valence-electron chi connectivity index (χ2n) is 4.26. The third kappa shape index (κ3) is 2.06. The molecule has 1 aromatic rings. The molecule has 0 N–H and O–H groups in total. The monoisotopic (exact) mass is 196 g/mol. The van der Waals surface area contributed by atoms with Gasteiger partial charge in [0.15, 0.2) is 0 Å². The van der Waals surface area contributed by atoms with Crippen molar-refractivity contribution in [3.05, 3.63) is 41.0 Å². The van der Waals surface area contributed by atoms with Gasteiger partial charge in [-0.1, -0.05) is 49.0 Å². The number of hydrogen-bond donors (Lipinski definition) is 0. The number of fused-ring (bicyclic) bond motifs is 1. The van der Waals surface area contributed by atoms with Crippen molar-refractivity contribution in [1.29, 1.82) is 0 Å². The van der Waals surface area contributed by atoms with Gasteiger partial charge in [-0.15, -0.1) is 0 Å². The Morgan fingerprint density at radius 2 is 1.93 bits per heavy atom. The molecule has 1 atom stereocenters. The summed E-state index contributed by atoms with van der Waals surface area (Å²) in [5.41, 5.74) is 5.18. The van der Waals surface area contributed by atoms with Gasteiger partial charge in [-0.2, -0.15) is 0 Å². The molecule has 0 radical (unpaired) electrons. The van der Waals surface area contributed by atoms with E-state index in [1.54, 1.807) is 5.56 Å². The Morgan fingerprint density at radius 3 is 2.57 bits per heavy atom. The van der Waals surface area contributed by atoms with Crippen LogP contribution in [-0.4, -0.2) is 27.7 Å². The van der Waals surface area contributed by atoms with Crippen LogP contribution in [0, 0.1) is 6.92 Å². The SMILES string of the molecule is Cc1ccc2c(c1)C([SiH](C)C)C=C2.[LiH]. The molecule has 2 heteroatoms. The molecule has 14 heavy (non-hydrogen) atoms. The van der Waals surface area contributed by atoms with Crippen molar-refractivity contribution in [1.82, 2.24) is 0 Å². The molecule has 0 nitrogen and oxygen atoms in total. The van der Waals surface area contributed by atoms with Gasteiger partial charge in [-0.05, 0) is 23.6 Å². The van der Waals surface area contributed by atoms with Gasteiger partial charge in [0.05, 0.1) is 0 Å². The van der Waals surface area contributed by atoms with Crippen LogP contribution in [0.25, 0.3) is 6.08 Å². The van der Waals surface area contributed by atoms with E-state index in [4.69, 9.17) is 0 Å². The normalized spacial score (nSPS) is 18.1. The summed E-state index contributed by atoms with van der Waals surface area (Å²) in [7, 11) is -0.567. The molecule has 0 saturated carbocycles. The zero-order chi connectivity index (χ0) is 9.42. The molecule has 1 aliphatic carbocycles. The minimum atomic E-state index is -0.567. The molecule has 70 valence electrons. The summed E-state index contributed by atoms with van der Waals surface area (Å²) in [4.78, 5) is 0. The average Bonchev–Trinajstić information content (AvgIpc) is 2.46. The maximum atomic E-state index is 2.42. The Labute approximate surface area is 100 Å². The van der Waals surface area contributed by atoms with Gasteiger partial charge in [-0.3, -0.25) is 0 Å². The van der Waals surface area contributed by atoms with Crippen molar-refractivity contribution in [2.45, 2.75) is 25.6 Å². The molecular formula is C12H17LiSi. The summed E-state index contributed by atoms with van der Waals surface area (Å²) in [5.74, 6) is 0. The Hall–Kier alpha value is -0.226. The third-order valence-electron chi connectivity index (χ3n) is 2.80. The Bertz CT molecular complexity index is 355. The van der Waals surface area contributed by atoms with Gasteiger partial charge in [0.2, 0.25) is 0 Å². The molecule has 1 aliphatic rings. The first-order valence-electron chi connectivity index (χ1n) is 4.97. The van der Waals surface area contributed by atoms with Gasteiger partial charge in [-0.25, -0.2) is 0 Å². The van der Waals surface area contributed by atoms with E-state index in [9.17, 15) is 0 Å². The van der Waals surface area contributed by atoms with Crippen molar-refractivity contribution in [2.75, 3.05) is 0 Å². The molecule has 1 unspecified atom stereocenters. The van der Waals surface area contributed by atoms with Gasteiger partial charge in [0.25, 0.3) is 0 Å². The van der Waals surface area contributed by atoms with E-state index in [1.165, 1.54) is 11.1 Å². The van der Waals surface area contributed by atoms with E-state index >= 15 is 0 Å². The summed E-state index contributed by atoms with van der Waals surface area (Å²) in [5, 5.41) is 0. The summed E-state index contributed by atoms with van der Waals surface area (Å²) >= 11 is 0. The number of allylic oxidation sites excluding steroid dienone is 1. The van der Waals surface area contributed by atoms with Crippen LogP contribution < -0.4 is 0 Å². The van der Waals surface area contributed by atoms with Crippen LogP contribution in [0.5, 0.6) is 0 Å². The predicted octanol–water partition coefficient (Wildman–Crippen LogP) is 2.48. The van der Waals surface area contributed by atoms with Crippen LogP contribution in [0.3, 0.4) is 0 Å². The zero-order valence-electron chi connectivity index (χ0n) is 8.54. The van der Waals surface area contributed by atoms with E-state index in [2.05, 4.69) is 50.4 Å². The zero-order valence-corrected chi connectivity index (χ0v) is 9.70. The summed E-state index contributed by atoms with van der Waals surface area (Å²) in [6, 6.07) is 6.80. The van der Waals surface area contributed by atoms with E-state index in [0.29, 0.717) is 0 Å². The first-order valence-corrected chi connectivity index (χ1v) is 7.95. The van der Waals surface area contributed by atoms with E-state index < -0.39 is 8.80 Å². The molecule has 0 heterocycles. The number of hydrogen-bond acceptors (Lipinski definition) is 0. The van der Waals surface area contributed by atoms with E-state index in [0.717, 1.165) is 5.54 Å². The van der Waals surface area contributed by atoms with Crippen LogP contribution in [0.2, 0.25) is 13.1 Å². The number of benzene rings is 1. The Balaban J connectivity index is 0.000000980. The molecule has 0 spiro atoms. The topological polar surface area (TPSA) is 0 Å². The predicted molar refractivity (Wildman–Crippen MR) is 69.0 cm³/mol. The van der Waals surface area contributed by atoms with Crippen molar-refractivity contribution < 1.29 is 0 Å². The first-order chi connectivity index (χ1) is 6.18. The fraction of sp³-hybridized carbons (Fsp3) is 0.333. The number of aryl methyl sites for hydroxylation is 1. The molecule has 0 aliphatic heterocycles. The molecule has 0 bridgehead atoms. The fourth-order valence-electron chi connectivity index (χ4n) is 2.03. The molecule has 0 amide bonds. The second-order valence-corrected chi connectivity index (χ2v) is 7.47. The van der Waals surface area contributed by atoms with Crippen molar-refractivity contribution in [2.24, 2.45) is 0 Å². The van der Waals surface area contributed by atoms with Crippen molar-refractivity contribution in [3.63, 3.8) is 0 Å². The Morgan fingerprint density at radius 1 is 1.21 bits per heavy atom. The standard InChI is InChI=1S/C12H16Si.Li.H/c1-9-4-5-10-6-7-12(13(2)3)11(10)8-9;;/h4-8,12-13H,1-3H3;;. The van der Waals surface area contributed by atoms with Gasteiger partial charge in [0.1, 0.15) is 0 Å².